The Morgan fingerprint density at radius 1 is 1.27 bits per heavy atom. The average Bonchev–Trinajstić information content (AvgIpc) is 3.69. The largest absolute Gasteiger partial charge is 0.469 e. The molecular weight excluding hydrogens is 486 g/mol. The number of nitrogens with zero attached hydrogens (tertiary/aromatic N) is 4. The molecule has 1 saturated carbocycles. The van der Waals surface area contributed by atoms with Crippen LogP contribution in [0.5, 0.6) is 0 Å². The van der Waals surface area contributed by atoms with Crippen molar-refractivity contribution in [3.8, 4) is 0 Å². The van der Waals surface area contributed by atoms with Crippen LogP contribution in [0, 0.1) is 0 Å². The smallest absolute Gasteiger partial charge is 0.306 e. The molecule has 3 aliphatic rings. The molecular formula is C29H32ClN5O2. The highest BCUT2D eigenvalue weighted by molar-refractivity contribution is 6.33. The van der Waals surface area contributed by atoms with Crippen LogP contribution in [0.2, 0.25) is 5.02 Å². The molecule has 1 aliphatic carbocycles. The number of esters is 1. The zero-order valence-electron chi connectivity index (χ0n) is 21.6. The second kappa shape index (κ2) is 9.30. The monoisotopic (exact) mass is 517 g/mol. The third kappa shape index (κ3) is 4.55. The molecule has 6 rings (SSSR count). The predicted octanol–water partition coefficient (Wildman–Crippen LogP) is 5.71. The molecule has 3 heterocycles. The zero-order valence-corrected chi connectivity index (χ0v) is 22.3. The maximum Gasteiger partial charge on any atom is 0.306 e. The molecule has 1 N–H and O–H groups in total. The number of likely N-dealkylation sites (N-methyl/N-ethyl adjacent to an activating group) is 1. The summed E-state index contributed by atoms with van der Waals surface area (Å²) in [6.07, 6.45) is 5.58. The number of aromatic nitrogens is 2. The van der Waals surface area contributed by atoms with Gasteiger partial charge in [0.1, 0.15) is 5.02 Å². The van der Waals surface area contributed by atoms with Gasteiger partial charge in [0.2, 0.25) is 5.95 Å². The fourth-order valence-electron chi connectivity index (χ4n) is 5.91. The van der Waals surface area contributed by atoms with E-state index >= 15 is 0 Å². The Labute approximate surface area is 222 Å². The molecule has 0 saturated heterocycles. The number of para-hydroxylation sites is 1. The summed E-state index contributed by atoms with van der Waals surface area (Å²) in [5.41, 5.74) is 7.07. The Bertz CT molecular complexity index is 1370. The van der Waals surface area contributed by atoms with E-state index in [0.717, 1.165) is 36.4 Å². The van der Waals surface area contributed by atoms with Gasteiger partial charge in [0, 0.05) is 36.4 Å². The number of carbonyl (C=O) groups is 1. The van der Waals surface area contributed by atoms with E-state index < -0.39 is 5.41 Å². The highest BCUT2D eigenvalue weighted by atomic mass is 35.5. The number of carbonyl (C=O) groups excluding carboxylic acids is 1. The Hall–Kier alpha value is -3.16. The lowest BCUT2D eigenvalue weighted by Gasteiger charge is -2.28. The van der Waals surface area contributed by atoms with Gasteiger partial charge in [-0.3, -0.25) is 4.79 Å². The summed E-state index contributed by atoms with van der Waals surface area (Å²) in [6, 6.07) is 12.6. The predicted molar refractivity (Wildman–Crippen MR) is 146 cm³/mol. The molecule has 1 unspecified atom stereocenters. The molecule has 1 aromatic heterocycles. The van der Waals surface area contributed by atoms with Crippen LogP contribution in [-0.4, -0.2) is 48.1 Å². The van der Waals surface area contributed by atoms with Crippen LogP contribution >= 0.6 is 11.6 Å². The van der Waals surface area contributed by atoms with Gasteiger partial charge in [0.15, 0.2) is 5.82 Å². The van der Waals surface area contributed by atoms with Crippen molar-refractivity contribution in [2.45, 2.75) is 50.5 Å². The van der Waals surface area contributed by atoms with Crippen LogP contribution in [0.15, 0.2) is 42.6 Å². The van der Waals surface area contributed by atoms with E-state index in [-0.39, 0.29) is 12.4 Å². The highest BCUT2D eigenvalue weighted by Crippen LogP contribution is 2.48. The van der Waals surface area contributed by atoms with E-state index in [1.54, 1.807) is 6.20 Å². The first kappa shape index (κ1) is 24.2. The molecule has 2 aromatic carbocycles. The fraction of sp³-hybridized carbons (Fsp3) is 0.414. The van der Waals surface area contributed by atoms with Crippen LogP contribution in [-0.2, 0) is 27.9 Å². The first-order chi connectivity index (χ1) is 17.8. The third-order valence-corrected chi connectivity index (χ3v) is 8.20. The van der Waals surface area contributed by atoms with Crippen molar-refractivity contribution in [2.75, 3.05) is 37.5 Å². The number of hydrogen-bond donors (Lipinski definition) is 1. The van der Waals surface area contributed by atoms with Gasteiger partial charge in [0.25, 0.3) is 0 Å². The van der Waals surface area contributed by atoms with Gasteiger partial charge in [-0.1, -0.05) is 36.7 Å². The summed E-state index contributed by atoms with van der Waals surface area (Å²) in [7, 11) is 3.60. The Kier molecular flexibility index (Phi) is 6.08. The minimum atomic E-state index is -0.421. The molecule has 192 valence electrons. The molecule has 8 heteroatoms. The second-order valence-electron chi connectivity index (χ2n) is 10.9. The second-order valence-corrected chi connectivity index (χ2v) is 11.3. The van der Waals surface area contributed by atoms with Crippen molar-refractivity contribution in [3.05, 3.63) is 69.9 Å². The topological polar surface area (TPSA) is 70.6 Å². The van der Waals surface area contributed by atoms with Crippen LogP contribution in [0.3, 0.4) is 0 Å². The summed E-state index contributed by atoms with van der Waals surface area (Å²) < 4.78 is 5.00. The van der Waals surface area contributed by atoms with Crippen molar-refractivity contribution < 1.29 is 9.53 Å². The van der Waals surface area contributed by atoms with E-state index in [1.807, 2.05) is 18.2 Å². The lowest BCUT2D eigenvalue weighted by atomic mass is 9.81. The summed E-state index contributed by atoms with van der Waals surface area (Å²) in [4.78, 5) is 26.1. The molecule has 0 radical (unpaired) electrons. The van der Waals surface area contributed by atoms with Gasteiger partial charge >= 0.3 is 5.97 Å². The van der Waals surface area contributed by atoms with Gasteiger partial charge in [-0.2, -0.15) is 4.98 Å². The third-order valence-electron chi connectivity index (χ3n) is 7.93. The SMILES string of the molecule is COC(=O)CC1(C)CN(c2nc(Nc3cc4c(c(C5CC5)c3)CCN(C)C4)ncc2Cl)c2ccccc21. The molecule has 0 bridgehead atoms. The van der Waals surface area contributed by atoms with Gasteiger partial charge < -0.3 is 19.9 Å². The van der Waals surface area contributed by atoms with Gasteiger partial charge in [-0.25, -0.2) is 4.98 Å². The molecule has 7 nitrogen and oxygen atoms in total. The number of benzene rings is 2. The van der Waals surface area contributed by atoms with E-state index in [4.69, 9.17) is 21.3 Å². The number of nitrogens with one attached hydrogen (secondary N) is 1. The number of methoxy groups -OCH3 is 1. The molecule has 3 aromatic rings. The maximum atomic E-state index is 12.2. The lowest BCUT2D eigenvalue weighted by Crippen LogP contribution is -2.32. The summed E-state index contributed by atoms with van der Waals surface area (Å²) in [5, 5.41) is 3.94. The van der Waals surface area contributed by atoms with Gasteiger partial charge in [-0.15, -0.1) is 0 Å². The van der Waals surface area contributed by atoms with E-state index in [1.165, 1.54) is 36.6 Å². The number of ether oxygens (including phenoxy) is 1. The normalized spacial score (nSPS) is 20.9. The van der Waals surface area contributed by atoms with Crippen molar-refractivity contribution in [2.24, 2.45) is 0 Å². The summed E-state index contributed by atoms with van der Waals surface area (Å²) >= 11 is 6.67. The first-order valence-electron chi connectivity index (χ1n) is 12.9. The van der Waals surface area contributed by atoms with Crippen molar-refractivity contribution >= 4 is 40.7 Å². The van der Waals surface area contributed by atoms with E-state index in [2.05, 4.69) is 52.3 Å². The van der Waals surface area contributed by atoms with Crippen LogP contribution in [0.4, 0.5) is 23.1 Å². The summed E-state index contributed by atoms with van der Waals surface area (Å²) in [5.74, 6) is 1.57. The van der Waals surface area contributed by atoms with Gasteiger partial charge in [0.05, 0.1) is 19.7 Å². The maximum absolute atomic E-state index is 12.2. The number of halogens is 1. The molecule has 37 heavy (non-hydrogen) atoms. The van der Waals surface area contributed by atoms with Crippen LogP contribution < -0.4 is 10.2 Å². The quantitative estimate of drug-likeness (QED) is 0.420. The van der Waals surface area contributed by atoms with E-state index in [0.29, 0.717) is 29.3 Å². The minimum Gasteiger partial charge on any atom is -0.469 e. The molecule has 1 atom stereocenters. The number of fused-ring (bicyclic) bond motifs is 2. The number of anilines is 4. The minimum absolute atomic E-state index is 0.236. The fourth-order valence-corrected chi connectivity index (χ4v) is 6.11. The Morgan fingerprint density at radius 3 is 2.86 bits per heavy atom. The first-order valence-corrected chi connectivity index (χ1v) is 13.3. The molecule has 0 amide bonds. The zero-order chi connectivity index (χ0) is 25.7. The summed E-state index contributed by atoms with van der Waals surface area (Å²) in [6.45, 7) is 4.71. The van der Waals surface area contributed by atoms with Crippen molar-refractivity contribution in [1.82, 2.24) is 14.9 Å². The molecule has 2 aliphatic heterocycles. The molecule has 0 spiro atoms. The standard InChI is InChI=1S/C29H32ClN5O2/c1-29(14-26(36)37-3)17-35(25-7-5-4-6-23(25)29)27-24(30)15-31-28(33-27)32-20-12-19-16-34(2)11-10-21(19)22(13-20)18-8-9-18/h4-7,12-13,15,18H,8-11,14,16-17H2,1-3H3,(H,31,32,33). The number of rotatable bonds is 6. The Balaban J connectivity index is 1.33. The Morgan fingerprint density at radius 2 is 2.08 bits per heavy atom. The van der Waals surface area contributed by atoms with E-state index in [9.17, 15) is 4.79 Å². The van der Waals surface area contributed by atoms with Gasteiger partial charge in [-0.05, 0) is 72.7 Å². The average molecular weight is 518 g/mol. The number of hydrogen-bond acceptors (Lipinski definition) is 7. The van der Waals surface area contributed by atoms with Crippen LogP contribution in [0.25, 0.3) is 0 Å². The lowest BCUT2D eigenvalue weighted by molar-refractivity contribution is -0.141. The van der Waals surface area contributed by atoms with Crippen LogP contribution in [0.1, 0.15) is 54.4 Å². The van der Waals surface area contributed by atoms with Crippen molar-refractivity contribution in [1.29, 1.82) is 0 Å². The molecule has 1 fully saturated rings. The highest BCUT2D eigenvalue weighted by Gasteiger charge is 2.42. The van der Waals surface area contributed by atoms with Crippen molar-refractivity contribution in [3.63, 3.8) is 0 Å².